The van der Waals surface area contributed by atoms with E-state index in [0.717, 1.165) is 38.5 Å². The van der Waals surface area contributed by atoms with E-state index in [2.05, 4.69) is 10.2 Å². The van der Waals surface area contributed by atoms with Crippen LogP contribution < -0.4 is 5.32 Å². The van der Waals surface area contributed by atoms with E-state index < -0.39 is 9.84 Å². The van der Waals surface area contributed by atoms with Crippen molar-refractivity contribution in [2.75, 3.05) is 37.7 Å². The van der Waals surface area contributed by atoms with Crippen molar-refractivity contribution in [3.8, 4) is 0 Å². The summed E-state index contributed by atoms with van der Waals surface area (Å²) in [6.07, 6.45) is 3.53. The first-order chi connectivity index (χ1) is 8.11. The highest BCUT2D eigenvalue weighted by molar-refractivity contribution is 7.91. The van der Waals surface area contributed by atoms with Crippen molar-refractivity contribution in [3.05, 3.63) is 0 Å². The van der Waals surface area contributed by atoms with Crippen LogP contribution in [0.15, 0.2) is 0 Å². The Morgan fingerprint density at radius 1 is 1.35 bits per heavy atom. The van der Waals surface area contributed by atoms with Gasteiger partial charge in [0.2, 0.25) is 0 Å². The summed E-state index contributed by atoms with van der Waals surface area (Å²) < 4.78 is 22.8. The molecule has 0 spiro atoms. The van der Waals surface area contributed by atoms with Crippen molar-refractivity contribution in [3.63, 3.8) is 0 Å². The summed E-state index contributed by atoms with van der Waals surface area (Å²) in [6, 6.07) is 0.659. The van der Waals surface area contributed by atoms with Crippen LogP contribution in [0.25, 0.3) is 0 Å². The lowest BCUT2D eigenvalue weighted by Crippen LogP contribution is -2.51. The van der Waals surface area contributed by atoms with Crippen LogP contribution in [0.5, 0.6) is 0 Å². The molecule has 1 aliphatic carbocycles. The molecule has 1 atom stereocenters. The molecule has 17 heavy (non-hydrogen) atoms. The second-order valence-electron chi connectivity index (χ2n) is 5.29. The number of hydrogen-bond acceptors (Lipinski definition) is 4. The normalized spacial score (nSPS) is 27.2. The first kappa shape index (κ1) is 13.3. The fraction of sp³-hybridized carbons (Fsp3) is 1.00. The standard InChI is InChI=1S/C12H24N2O2S/c1-2-17(15,16)9-3-7-14-8-6-13-12(10-14)11-4-5-11/h11-13H,2-10H2,1H3. The van der Waals surface area contributed by atoms with Crippen LogP contribution >= 0.6 is 0 Å². The molecule has 0 amide bonds. The van der Waals surface area contributed by atoms with Crippen molar-refractivity contribution >= 4 is 9.84 Å². The Labute approximate surface area is 105 Å². The predicted molar refractivity (Wildman–Crippen MR) is 69.9 cm³/mol. The third kappa shape index (κ3) is 4.23. The molecule has 2 aliphatic rings. The van der Waals surface area contributed by atoms with Gasteiger partial charge >= 0.3 is 0 Å². The molecule has 1 heterocycles. The lowest BCUT2D eigenvalue weighted by Gasteiger charge is -2.33. The van der Waals surface area contributed by atoms with Gasteiger partial charge in [0.25, 0.3) is 0 Å². The molecule has 1 saturated heterocycles. The number of rotatable bonds is 6. The molecule has 0 aromatic carbocycles. The Kier molecular flexibility index (Phi) is 4.44. The fourth-order valence-electron chi connectivity index (χ4n) is 2.51. The third-order valence-corrected chi connectivity index (χ3v) is 5.64. The predicted octanol–water partition coefficient (Wildman–Crippen LogP) is 0.495. The molecule has 0 bridgehead atoms. The van der Waals surface area contributed by atoms with Crippen molar-refractivity contribution in [1.82, 2.24) is 10.2 Å². The highest BCUT2D eigenvalue weighted by Gasteiger charge is 2.33. The quantitative estimate of drug-likeness (QED) is 0.755. The molecule has 1 unspecified atom stereocenters. The Hall–Kier alpha value is -0.130. The molecule has 1 N–H and O–H groups in total. The van der Waals surface area contributed by atoms with Gasteiger partial charge in [-0.15, -0.1) is 0 Å². The topological polar surface area (TPSA) is 49.4 Å². The molecule has 0 aromatic heterocycles. The number of nitrogens with zero attached hydrogens (tertiary/aromatic N) is 1. The zero-order valence-electron chi connectivity index (χ0n) is 10.7. The summed E-state index contributed by atoms with van der Waals surface area (Å²) in [5.74, 6) is 1.51. The molecule has 0 radical (unpaired) electrons. The number of sulfone groups is 1. The van der Waals surface area contributed by atoms with Crippen molar-refractivity contribution in [1.29, 1.82) is 0 Å². The zero-order chi connectivity index (χ0) is 12.3. The summed E-state index contributed by atoms with van der Waals surface area (Å²) in [4.78, 5) is 2.42. The molecule has 100 valence electrons. The summed E-state index contributed by atoms with van der Waals surface area (Å²) in [7, 11) is -2.78. The highest BCUT2D eigenvalue weighted by Crippen LogP contribution is 2.33. The smallest absolute Gasteiger partial charge is 0.150 e. The SMILES string of the molecule is CCS(=O)(=O)CCCN1CCNC(C2CC2)C1. The second-order valence-corrected chi connectivity index (χ2v) is 7.76. The van der Waals surface area contributed by atoms with Crippen LogP contribution in [0.4, 0.5) is 0 Å². The number of hydrogen-bond donors (Lipinski definition) is 1. The van der Waals surface area contributed by atoms with Gasteiger partial charge in [-0.2, -0.15) is 0 Å². The fourth-order valence-corrected chi connectivity index (χ4v) is 3.37. The molecular formula is C12H24N2O2S. The Morgan fingerprint density at radius 3 is 2.76 bits per heavy atom. The van der Waals surface area contributed by atoms with Crippen LogP contribution in [0.3, 0.4) is 0 Å². The molecule has 4 nitrogen and oxygen atoms in total. The van der Waals surface area contributed by atoms with Crippen LogP contribution in [-0.4, -0.2) is 57.0 Å². The van der Waals surface area contributed by atoms with Gasteiger partial charge in [-0.1, -0.05) is 6.92 Å². The maximum Gasteiger partial charge on any atom is 0.150 e. The summed E-state index contributed by atoms with van der Waals surface area (Å²) in [6.45, 7) is 5.89. The van der Waals surface area contributed by atoms with Crippen LogP contribution in [0.1, 0.15) is 26.2 Å². The Balaban J connectivity index is 1.68. The molecule has 0 aromatic rings. The minimum absolute atomic E-state index is 0.277. The van der Waals surface area contributed by atoms with Gasteiger partial charge in [0.05, 0.1) is 5.75 Å². The van der Waals surface area contributed by atoms with Gasteiger partial charge in [0.15, 0.2) is 0 Å². The summed E-state index contributed by atoms with van der Waals surface area (Å²) in [5.41, 5.74) is 0. The highest BCUT2D eigenvalue weighted by atomic mass is 32.2. The van der Waals surface area contributed by atoms with Crippen LogP contribution in [0, 0.1) is 5.92 Å². The van der Waals surface area contributed by atoms with E-state index >= 15 is 0 Å². The van der Waals surface area contributed by atoms with Crippen molar-refractivity contribution in [2.24, 2.45) is 5.92 Å². The second kappa shape index (κ2) is 5.67. The van der Waals surface area contributed by atoms with Gasteiger partial charge in [0, 0.05) is 31.4 Å². The maximum atomic E-state index is 11.4. The van der Waals surface area contributed by atoms with E-state index in [1.807, 2.05) is 0 Å². The molecule has 5 heteroatoms. The molecule has 2 rings (SSSR count). The monoisotopic (exact) mass is 260 g/mol. The molecule has 2 fully saturated rings. The molecule has 1 aliphatic heterocycles. The number of nitrogens with one attached hydrogen (secondary N) is 1. The van der Waals surface area contributed by atoms with Gasteiger partial charge < -0.3 is 10.2 Å². The lowest BCUT2D eigenvalue weighted by molar-refractivity contribution is 0.189. The maximum absolute atomic E-state index is 11.4. The van der Waals surface area contributed by atoms with E-state index in [0.29, 0.717) is 11.8 Å². The van der Waals surface area contributed by atoms with E-state index in [1.54, 1.807) is 6.92 Å². The average Bonchev–Trinajstić information content (AvgIpc) is 3.13. The van der Waals surface area contributed by atoms with E-state index in [1.165, 1.54) is 12.8 Å². The minimum atomic E-state index is -2.78. The Bertz CT molecular complexity index is 338. The lowest BCUT2D eigenvalue weighted by atomic mass is 10.1. The summed E-state index contributed by atoms with van der Waals surface area (Å²) >= 11 is 0. The van der Waals surface area contributed by atoms with E-state index in [4.69, 9.17) is 0 Å². The largest absolute Gasteiger partial charge is 0.311 e. The first-order valence-corrected chi connectivity index (χ1v) is 8.59. The molecular weight excluding hydrogens is 236 g/mol. The van der Waals surface area contributed by atoms with Crippen LogP contribution in [0.2, 0.25) is 0 Å². The van der Waals surface area contributed by atoms with E-state index in [-0.39, 0.29) is 5.75 Å². The van der Waals surface area contributed by atoms with Crippen molar-refractivity contribution in [2.45, 2.75) is 32.2 Å². The van der Waals surface area contributed by atoms with Crippen molar-refractivity contribution < 1.29 is 8.42 Å². The zero-order valence-corrected chi connectivity index (χ0v) is 11.5. The third-order valence-electron chi connectivity index (χ3n) is 3.85. The average molecular weight is 260 g/mol. The van der Waals surface area contributed by atoms with Crippen LogP contribution in [-0.2, 0) is 9.84 Å². The molecule has 1 saturated carbocycles. The summed E-state index contributed by atoms with van der Waals surface area (Å²) in [5, 5.41) is 3.57. The minimum Gasteiger partial charge on any atom is -0.311 e. The van der Waals surface area contributed by atoms with Gasteiger partial charge in [-0.25, -0.2) is 8.42 Å². The first-order valence-electron chi connectivity index (χ1n) is 6.77. The van der Waals surface area contributed by atoms with E-state index in [9.17, 15) is 8.42 Å². The van der Waals surface area contributed by atoms with Gasteiger partial charge in [0.1, 0.15) is 9.84 Å². The Morgan fingerprint density at radius 2 is 2.12 bits per heavy atom. The van der Waals surface area contributed by atoms with Gasteiger partial charge in [-0.3, -0.25) is 0 Å². The number of piperazine rings is 1. The van der Waals surface area contributed by atoms with Gasteiger partial charge in [-0.05, 0) is 31.7 Å².